The predicted molar refractivity (Wildman–Crippen MR) is 154 cm³/mol. The van der Waals surface area contributed by atoms with E-state index in [1.54, 1.807) is 0 Å². The Labute approximate surface area is 240 Å². The Balaban J connectivity index is 1.24. The molecule has 0 bridgehead atoms. The predicted octanol–water partition coefficient (Wildman–Crippen LogP) is 2.86. The maximum absolute atomic E-state index is 13.0. The number of rotatable bonds is 12. The molecule has 0 saturated carbocycles. The summed E-state index contributed by atoms with van der Waals surface area (Å²) in [6, 6.07) is 14.2. The average molecular weight is 565 g/mol. The minimum Gasteiger partial charge on any atom is -0.467 e. The molecule has 1 fully saturated rings. The van der Waals surface area contributed by atoms with Crippen molar-refractivity contribution in [2.24, 2.45) is 5.92 Å². The zero-order chi connectivity index (χ0) is 29.4. The van der Waals surface area contributed by atoms with Crippen LogP contribution in [0, 0.1) is 5.92 Å². The number of alkyl carbamates (subject to hydrolysis) is 1. The number of carbonyl (C=O) groups is 4. The molecule has 2 aliphatic rings. The third kappa shape index (κ3) is 7.43. The molecule has 1 aliphatic carbocycles. The SMILES string of the molecule is COC(=O)C(CCCNC(=O)OCC1c2ccccc2-c2ccccc21)NC(=O)C(NC(=O)[C@@H]1CCCN1)C(C)C. The molecule has 4 rings (SSSR count). The number of fused-ring (bicyclic) bond motifs is 3. The van der Waals surface area contributed by atoms with Gasteiger partial charge < -0.3 is 30.7 Å². The van der Waals surface area contributed by atoms with Crippen LogP contribution in [0.5, 0.6) is 0 Å². The number of hydrogen-bond acceptors (Lipinski definition) is 7. The first-order chi connectivity index (χ1) is 19.8. The van der Waals surface area contributed by atoms with Crippen molar-refractivity contribution in [2.45, 2.75) is 63.6 Å². The van der Waals surface area contributed by atoms with Crippen LogP contribution in [0.15, 0.2) is 48.5 Å². The summed E-state index contributed by atoms with van der Waals surface area (Å²) in [5.41, 5.74) is 4.58. The summed E-state index contributed by atoms with van der Waals surface area (Å²) in [7, 11) is 1.25. The first kappa shape index (κ1) is 30.0. The number of methoxy groups -OCH3 is 1. The highest BCUT2D eigenvalue weighted by atomic mass is 16.5. The molecule has 10 nitrogen and oxygen atoms in total. The molecule has 4 N–H and O–H groups in total. The van der Waals surface area contributed by atoms with E-state index in [1.165, 1.54) is 7.11 Å². The Morgan fingerprint density at radius 1 is 0.976 bits per heavy atom. The third-order valence-electron chi connectivity index (χ3n) is 7.71. The Bertz CT molecular complexity index is 1200. The summed E-state index contributed by atoms with van der Waals surface area (Å²) in [6.45, 7) is 4.89. The van der Waals surface area contributed by atoms with Crippen molar-refractivity contribution < 1.29 is 28.7 Å². The summed E-state index contributed by atoms with van der Waals surface area (Å²) in [5.74, 6) is -1.49. The maximum atomic E-state index is 13.0. The highest BCUT2D eigenvalue weighted by Crippen LogP contribution is 2.44. The number of carbonyl (C=O) groups excluding carboxylic acids is 4. The zero-order valence-corrected chi connectivity index (χ0v) is 23.9. The Hall–Kier alpha value is -3.92. The first-order valence-electron chi connectivity index (χ1n) is 14.3. The number of nitrogens with one attached hydrogen (secondary N) is 4. The van der Waals surface area contributed by atoms with Crippen LogP contribution in [-0.2, 0) is 23.9 Å². The van der Waals surface area contributed by atoms with Crippen LogP contribution in [0.4, 0.5) is 4.79 Å². The van der Waals surface area contributed by atoms with Crippen LogP contribution in [0.3, 0.4) is 0 Å². The molecule has 3 atom stereocenters. The molecule has 0 radical (unpaired) electrons. The second-order valence-corrected chi connectivity index (χ2v) is 10.9. The van der Waals surface area contributed by atoms with Crippen molar-refractivity contribution in [2.75, 3.05) is 26.8 Å². The summed E-state index contributed by atoms with van der Waals surface area (Å²) in [4.78, 5) is 50.5. The Kier molecular flexibility index (Phi) is 10.3. The highest BCUT2D eigenvalue weighted by Gasteiger charge is 2.32. The minimum absolute atomic E-state index is 0.0362. The normalized spacial score (nSPS) is 17.2. The van der Waals surface area contributed by atoms with Crippen LogP contribution < -0.4 is 21.3 Å². The monoisotopic (exact) mass is 564 g/mol. The first-order valence-corrected chi connectivity index (χ1v) is 14.3. The lowest BCUT2D eigenvalue weighted by Crippen LogP contribution is -2.56. The molecule has 1 heterocycles. The van der Waals surface area contributed by atoms with Gasteiger partial charge in [0.05, 0.1) is 13.2 Å². The van der Waals surface area contributed by atoms with Crippen molar-refractivity contribution >= 4 is 23.9 Å². The van der Waals surface area contributed by atoms with Gasteiger partial charge in [0.15, 0.2) is 0 Å². The van der Waals surface area contributed by atoms with E-state index in [4.69, 9.17) is 9.47 Å². The molecule has 2 aromatic rings. The third-order valence-corrected chi connectivity index (χ3v) is 7.71. The van der Waals surface area contributed by atoms with E-state index >= 15 is 0 Å². The standard InChI is InChI=1S/C31H40N4O6/c1-19(2)27(35-28(36)25-14-8-16-32-25)29(37)34-26(30(38)40-3)15-9-17-33-31(39)41-18-24-22-12-6-4-10-20(22)21-11-5-7-13-23(21)24/h4-7,10-13,19,24-27,32H,8-9,14-18H2,1-3H3,(H,33,39)(H,34,37)(H,35,36)/t25-,26?,27?/m0/s1. The van der Waals surface area contributed by atoms with E-state index in [0.717, 1.165) is 41.6 Å². The zero-order valence-electron chi connectivity index (χ0n) is 23.9. The van der Waals surface area contributed by atoms with Gasteiger partial charge in [-0.15, -0.1) is 0 Å². The molecule has 0 spiro atoms. The number of hydrogen-bond donors (Lipinski definition) is 4. The van der Waals surface area contributed by atoms with Crippen molar-refractivity contribution in [3.8, 4) is 11.1 Å². The molecular formula is C31H40N4O6. The molecule has 1 aliphatic heterocycles. The smallest absolute Gasteiger partial charge is 0.407 e. The largest absolute Gasteiger partial charge is 0.467 e. The van der Waals surface area contributed by atoms with E-state index in [0.29, 0.717) is 6.42 Å². The Morgan fingerprint density at radius 2 is 1.63 bits per heavy atom. The lowest BCUT2D eigenvalue weighted by atomic mass is 9.98. The molecule has 3 amide bonds. The Morgan fingerprint density at radius 3 is 2.22 bits per heavy atom. The van der Waals surface area contributed by atoms with E-state index in [1.807, 2.05) is 38.1 Å². The molecule has 2 unspecified atom stereocenters. The summed E-state index contributed by atoms with van der Waals surface area (Å²) in [5, 5.41) is 11.4. The molecule has 41 heavy (non-hydrogen) atoms. The van der Waals surface area contributed by atoms with Gasteiger partial charge in [-0.05, 0) is 60.4 Å². The molecule has 220 valence electrons. The fourth-order valence-corrected chi connectivity index (χ4v) is 5.50. The minimum atomic E-state index is -0.917. The van der Waals surface area contributed by atoms with Gasteiger partial charge in [0, 0.05) is 12.5 Å². The van der Waals surface area contributed by atoms with E-state index in [9.17, 15) is 19.2 Å². The van der Waals surface area contributed by atoms with Crippen molar-refractivity contribution in [1.29, 1.82) is 0 Å². The lowest BCUT2D eigenvalue weighted by Gasteiger charge is -2.25. The van der Waals surface area contributed by atoms with Gasteiger partial charge in [0.2, 0.25) is 11.8 Å². The van der Waals surface area contributed by atoms with Crippen LogP contribution in [-0.4, -0.2) is 68.8 Å². The topological polar surface area (TPSA) is 135 Å². The van der Waals surface area contributed by atoms with Crippen LogP contribution in [0.2, 0.25) is 0 Å². The second kappa shape index (κ2) is 14.1. The number of esters is 1. The van der Waals surface area contributed by atoms with E-state index < -0.39 is 30.1 Å². The molecule has 2 aromatic carbocycles. The van der Waals surface area contributed by atoms with Crippen molar-refractivity contribution in [3.63, 3.8) is 0 Å². The van der Waals surface area contributed by atoms with Crippen molar-refractivity contribution in [1.82, 2.24) is 21.3 Å². The van der Waals surface area contributed by atoms with Gasteiger partial charge >= 0.3 is 12.1 Å². The van der Waals surface area contributed by atoms with Gasteiger partial charge in [-0.2, -0.15) is 0 Å². The summed E-state index contributed by atoms with van der Waals surface area (Å²) < 4.78 is 10.4. The quantitative estimate of drug-likeness (QED) is 0.230. The average Bonchev–Trinajstić information content (AvgIpc) is 3.63. The van der Waals surface area contributed by atoms with Crippen LogP contribution in [0.1, 0.15) is 56.6 Å². The molecule has 0 aromatic heterocycles. The van der Waals surface area contributed by atoms with Gasteiger partial charge in [-0.25, -0.2) is 9.59 Å². The van der Waals surface area contributed by atoms with Gasteiger partial charge in [-0.3, -0.25) is 9.59 Å². The fourth-order valence-electron chi connectivity index (χ4n) is 5.50. The van der Waals surface area contributed by atoms with Gasteiger partial charge in [-0.1, -0.05) is 62.4 Å². The number of ether oxygens (including phenoxy) is 2. The molecule has 1 saturated heterocycles. The lowest BCUT2D eigenvalue weighted by molar-refractivity contribution is -0.145. The van der Waals surface area contributed by atoms with Crippen LogP contribution in [0.25, 0.3) is 11.1 Å². The number of amides is 3. The summed E-state index contributed by atoms with van der Waals surface area (Å²) >= 11 is 0. The maximum Gasteiger partial charge on any atom is 0.407 e. The van der Waals surface area contributed by atoms with Gasteiger partial charge in [0.25, 0.3) is 0 Å². The second-order valence-electron chi connectivity index (χ2n) is 10.9. The van der Waals surface area contributed by atoms with Crippen LogP contribution >= 0.6 is 0 Å². The van der Waals surface area contributed by atoms with Gasteiger partial charge in [0.1, 0.15) is 18.7 Å². The number of benzene rings is 2. The van der Waals surface area contributed by atoms with E-state index in [2.05, 4.69) is 45.5 Å². The van der Waals surface area contributed by atoms with Crippen molar-refractivity contribution in [3.05, 3.63) is 59.7 Å². The fraction of sp³-hybridized carbons (Fsp3) is 0.484. The summed E-state index contributed by atoms with van der Waals surface area (Å²) in [6.07, 6.45) is 1.72. The van der Waals surface area contributed by atoms with E-state index in [-0.39, 0.29) is 43.4 Å². The molecular weight excluding hydrogens is 524 g/mol. The molecule has 10 heteroatoms. The highest BCUT2D eigenvalue weighted by molar-refractivity contribution is 5.92.